The Morgan fingerprint density at radius 1 is 0.377 bits per heavy atom. The molecule has 11 rings (SSSR count). The average molecular weight is 788 g/mol. The highest BCUT2D eigenvalue weighted by molar-refractivity contribution is 6.10. The fourth-order valence-electron chi connectivity index (χ4n) is 8.57. The van der Waals surface area contributed by atoms with Crippen LogP contribution in [0, 0.1) is 0 Å². The van der Waals surface area contributed by atoms with Gasteiger partial charge >= 0.3 is 0 Å². The zero-order chi connectivity index (χ0) is 45.8. The third kappa shape index (κ3) is 6.41. The molecule has 0 saturated heterocycles. The van der Waals surface area contributed by atoms with Crippen molar-refractivity contribution in [3.63, 3.8) is 0 Å². The van der Waals surface area contributed by atoms with Gasteiger partial charge in [0, 0.05) is 49.7 Å². The average Bonchev–Trinajstić information content (AvgIpc) is 3.95. The predicted octanol–water partition coefficient (Wildman–Crippen LogP) is 16.9. The van der Waals surface area contributed by atoms with E-state index in [-0.39, 0.29) is 23.2 Å². The second-order valence-corrected chi connectivity index (χ2v) is 15.2. The van der Waals surface area contributed by atoms with Crippen LogP contribution in [0.3, 0.4) is 0 Å². The van der Waals surface area contributed by atoms with Crippen LogP contribution in [0.2, 0.25) is 0 Å². The fraction of sp³-hybridized carbons (Fsp3) is 0. The van der Waals surface area contributed by atoms with Crippen LogP contribution in [0.4, 0.5) is 17.1 Å². The first kappa shape index (κ1) is 30.0. The van der Waals surface area contributed by atoms with Crippen LogP contribution >= 0.6 is 0 Å². The molecule has 288 valence electrons. The Labute approximate surface area is 362 Å². The molecule has 9 aromatic carbocycles. The van der Waals surface area contributed by atoms with Crippen molar-refractivity contribution in [2.75, 3.05) is 4.90 Å². The molecule has 0 amide bonds. The van der Waals surface area contributed by atoms with Crippen LogP contribution < -0.4 is 4.90 Å². The van der Waals surface area contributed by atoms with Gasteiger partial charge in [0.15, 0.2) is 0 Å². The zero-order valence-corrected chi connectivity index (χ0v) is 32.8. The normalized spacial score (nSPS) is 12.7. The lowest BCUT2D eigenvalue weighted by molar-refractivity contribution is 0.669. The molecule has 3 heteroatoms. The van der Waals surface area contributed by atoms with Crippen molar-refractivity contribution in [1.82, 2.24) is 0 Å². The summed E-state index contributed by atoms with van der Waals surface area (Å²) in [4.78, 5) is 2.25. The molecule has 0 N–H and O–H groups in total. The molecule has 0 saturated carbocycles. The molecule has 0 fully saturated rings. The maximum atomic E-state index is 8.28. The molecule has 0 aliphatic heterocycles. The molecule has 3 nitrogen and oxygen atoms in total. The minimum atomic E-state index is -0.657. The SMILES string of the molecule is [2H]C([2H])=C([2H])c1cc(C([2H])=C([2H])[2H])cc(-c2ccc(-c3ccc(N(c4ccc(-c5cccc6c5oc5ccccc56)cc4)c4ccc(-c5cccc6c5oc5ccccc56)cc4)cc3)cc2)c1. The lowest BCUT2D eigenvalue weighted by Crippen LogP contribution is -2.09. The summed E-state index contributed by atoms with van der Waals surface area (Å²) in [6, 6.07) is 66.7. The minimum absolute atomic E-state index is 0.277. The van der Waals surface area contributed by atoms with Gasteiger partial charge in [-0.2, -0.15) is 0 Å². The van der Waals surface area contributed by atoms with Crippen molar-refractivity contribution in [3.05, 3.63) is 224 Å². The van der Waals surface area contributed by atoms with Gasteiger partial charge in [-0.15, -0.1) is 0 Å². The standard InChI is InChI=1S/C58H39NO2/c1-3-38-35-39(4-2)37-45(36-38)42-21-19-40(20-22-42)41-23-29-46(30-24-41)59(47-31-25-43(26-32-47)49-13-9-15-53-51-11-5-7-17-55(51)60-57(49)53)48-33-27-44(28-34-48)50-14-10-16-54-52-12-6-8-18-56(52)61-58(50)54/h3-37H,1-2H2/i1D2,2D2,3D,4D. The number of hydrogen-bond donors (Lipinski definition) is 0. The van der Waals surface area contributed by atoms with E-state index in [1.54, 1.807) is 12.1 Å². The molecule has 2 heterocycles. The highest BCUT2D eigenvalue weighted by Gasteiger charge is 2.17. The molecule has 0 aliphatic rings. The third-order valence-electron chi connectivity index (χ3n) is 11.6. The second kappa shape index (κ2) is 14.9. The summed E-state index contributed by atoms with van der Waals surface area (Å²) in [5.41, 5.74) is 14.5. The van der Waals surface area contributed by atoms with E-state index in [0.717, 1.165) is 99.9 Å². The highest BCUT2D eigenvalue weighted by Crippen LogP contribution is 2.41. The number of nitrogens with zero attached hydrogens (tertiary/aromatic N) is 1. The molecule has 0 aliphatic carbocycles. The summed E-state index contributed by atoms with van der Waals surface area (Å²) in [6.45, 7) is -1.31. The van der Waals surface area contributed by atoms with E-state index >= 15 is 0 Å². The number of furan rings is 2. The summed E-state index contributed by atoms with van der Waals surface area (Å²) < 4.78 is 60.2. The number of benzene rings is 9. The molecule has 0 radical (unpaired) electrons. The second-order valence-electron chi connectivity index (χ2n) is 15.2. The van der Waals surface area contributed by atoms with Crippen LogP contribution in [0.1, 0.15) is 19.4 Å². The van der Waals surface area contributed by atoms with Gasteiger partial charge < -0.3 is 13.7 Å². The smallest absolute Gasteiger partial charge is 0.143 e. The van der Waals surface area contributed by atoms with Crippen LogP contribution in [-0.2, 0) is 0 Å². The number of fused-ring (bicyclic) bond motifs is 6. The van der Waals surface area contributed by atoms with Crippen molar-refractivity contribution < 1.29 is 17.1 Å². The number of rotatable bonds is 9. The van der Waals surface area contributed by atoms with Gasteiger partial charge in [-0.25, -0.2) is 0 Å². The molecule has 0 atom stereocenters. The molecule has 2 aromatic heterocycles. The monoisotopic (exact) mass is 787 g/mol. The van der Waals surface area contributed by atoms with Crippen molar-refractivity contribution in [2.45, 2.75) is 0 Å². The summed E-state index contributed by atoms with van der Waals surface area (Å²) in [5, 5.41) is 4.36. The van der Waals surface area contributed by atoms with E-state index < -0.39 is 13.1 Å². The van der Waals surface area contributed by atoms with E-state index in [0.29, 0.717) is 5.56 Å². The summed E-state index contributed by atoms with van der Waals surface area (Å²) in [5.74, 6) is 0. The maximum Gasteiger partial charge on any atom is 0.143 e. The van der Waals surface area contributed by atoms with Crippen molar-refractivity contribution >= 4 is 73.0 Å². The van der Waals surface area contributed by atoms with Crippen molar-refractivity contribution in [1.29, 1.82) is 0 Å². The maximum absolute atomic E-state index is 8.28. The molecule has 0 unspecified atom stereocenters. The van der Waals surface area contributed by atoms with Crippen LogP contribution in [0.15, 0.2) is 222 Å². The van der Waals surface area contributed by atoms with E-state index in [9.17, 15) is 0 Å². The first-order valence-corrected chi connectivity index (χ1v) is 20.1. The Morgan fingerprint density at radius 2 is 0.754 bits per heavy atom. The first-order chi connectivity index (χ1) is 32.7. The summed E-state index contributed by atoms with van der Waals surface area (Å²) >= 11 is 0. The largest absolute Gasteiger partial charge is 0.455 e. The number of para-hydroxylation sites is 4. The lowest BCUT2D eigenvalue weighted by Gasteiger charge is -2.26. The molecular weight excluding hydrogens is 743 g/mol. The third-order valence-corrected chi connectivity index (χ3v) is 11.6. The molecule has 0 bridgehead atoms. The van der Waals surface area contributed by atoms with E-state index in [2.05, 4.69) is 126 Å². The van der Waals surface area contributed by atoms with Crippen molar-refractivity contribution in [2.24, 2.45) is 0 Å². The van der Waals surface area contributed by atoms with Crippen molar-refractivity contribution in [3.8, 4) is 44.5 Å². The van der Waals surface area contributed by atoms with E-state index in [1.165, 1.54) is 6.07 Å². The Hall–Kier alpha value is -8.14. The van der Waals surface area contributed by atoms with Gasteiger partial charge in [-0.3, -0.25) is 0 Å². The topological polar surface area (TPSA) is 29.5 Å². The van der Waals surface area contributed by atoms with Gasteiger partial charge in [0.2, 0.25) is 0 Å². The van der Waals surface area contributed by atoms with Crippen LogP contribution in [0.5, 0.6) is 0 Å². The molecule has 0 spiro atoms. The van der Waals surface area contributed by atoms with Gasteiger partial charge in [0.1, 0.15) is 22.3 Å². The Balaban J connectivity index is 0.950. The Kier molecular flexibility index (Phi) is 7.33. The first-order valence-electron chi connectivity index (χ1n) is 23.1. The minimum Gasteiger partial charge on any atom is -0.455 e. The zero-order valence-electron chi connectivity index (χ0n) is 38.8. The fourth-order valence-corrected chi connectivity index (χ4v) is 8.57. The summed E-state index contributed by atoms with van der Waals surface area (Å²) in [6.07, 6.45) is 0. The van der Waals surface area contributed by atoms with E-state index in [1.807, 2.05) is 60.7 Å². The molecular formula is C58H39NO2. The van der Waals surface area contributed by atoms with Gasteiger partial charge in [0.25, 0.3) is 0 Å². The lowest BCUT2D eigenvalue weighted by atomic mass is 9.97. The molecule has 61 heavy (non-hydrogen) atoms. The highest BCUT2D eigenvalue weighted by atomic mass is 16.3. The Bertz CT molecular complexity index is 3530. The number of anilines is 3. The predicted molar refractivity (Wildman–Crippen MR) is 258 cm³/mol. The van der Waals surface area contributed by atoms with Crippen LogP contribution in [-0.4, -0.2) is 0 Å². The van der Waals surface area contributed by atoms with Crippen LogP contribution in [0.25, 0.3) is 100 Å². The van der Waals surface area contributed by atoms with Gasteiger partial charge in [-0.1, -0.05) is 159 Å². The molecule has 11 aromatic rings. The Morgan fingerprint density at radius 3 is 1.20 bits per heavy atom. The van der Waals surface area contributed by atoms with E-state index in [4.69, 9.17) is 17.1 Å². The van der Waals surface area contributed by atoms with Gasteiger partial charge in [-0.05, 0) is 111 Å². The van der Waals surface area contributed by atoms with Gasteiger partial charge in [0.05, 0.1) is 8.22 Å². The summed E-state index contributed by atoms with van der Waals surface area (Å²) in [7, 11) is 0. The quantitative estimate of drug-likeness (QED) is 0.146. The number of hydrogen-bond acceptors (Lipinski definition) is 3.